The van der Waals surface area contributed by atoms with Gasteiger partial charge in [-0.25, -0.2) is 0 Å². The highest BCUT2D eigenvalue weighted by molar-refractivity contribution is 7.98. The molecule has 7 heteroatoms. The lowest BCUT2D eigenvalue weighted by Gasteiger charge is -2.10. The first-order valence-corrected chi connectivity index (χ1v) is 7.38. The van der Waals surface area contributed by atoms with Crippen LogP contribution in [0.4, 0.5) is 11.4 Å². The molecule has 2 rings (SSSR count). The van der Waals surface area contributed by atoms with Gasteiger partial charge in [-0.3, -0.25) is 16.0 Å². The molecular formula is C14H15N3O3S. The van der Waals surface area contributed by atoms with E-state index in [4.69, 9.17) is 10.6 Å². The van der Waals surface area contributed by atoms with Crippen molar-refractivity contribution >= 4 is 23.1 Å². The Labute approximate surface area is 126 Å². The van der Waals surface area contributed by atoms with E-state index in [0.29, 0.717) is 5.56 Å². The first-order chi connectivity index (χ1) is 10.2. The van der Waals surface area contributed by atoms with Gasteiger partial charge in [0.1, 0.15) is 18.0 Å². The quantitative estimate of drug-likeness (QED) is 0.369. The molecule has 0 aliphatic heterocycles. The van der Waals surface area contributed by atoms with Crippen LogP contribution in [0.2, 0.25) is 0 Å². The maximum atomic E-state index is 11.0. The van der Waals surface area contributed by atoms with Crippen molar-refractivity contribution in [3.8, 4) is 5.75 Å². The third-order valence-electron chi connectivity index (χ3n) is 2.88. The summed E-state index contributed by atoms with van der Waals surface area (Å²) in [6.45, 7) is 0.253. The summed E-state index contributed by atoms with van der Waals surface area (Å²) in [5.41, 5.74) is 3.21. The van der Waals surface area contributed by atoms with E-state index in [0.717, 1.165) is 10.6 Å². The van der Waals surface area contributed by atoms with E-state index in [1.54, 1.807) is 23.9 Å². The molecular weight excluding hydrogens is 290 g/mol. The minimum absolute atomic E-state index is 0.0725. The number of hydrogen-bond acceptors (Lipinski definition) is 6. The van der Waals surface area contributed by atoms with Crippen molar-refractivity contribution in [1.29, 1.82) is 0 Å². The number of ether oxygens (including phenoxy) is 1. The van der Waals surface area contributed by atoms with Crippen molar-refractivity contribution in [2.24, 2.45) is 5.84 Å². The minimum atomic E-state index is -0.478. The fourth-order valence-corrected chi connectivity index (χ4v) is 2.38. The molecule has 3 N–H and O–H groups in total. The Morgan fingerprint density at radius 2 is 2.10 bits per heavy atom. The zero-order chi connectivity index (χ0) is 15.2. The van der Waals surface area contributed by atoms with Crippen LogP contribution in [0.15, 0.2) is 47.4 Å². The van der Waals surface area contributed by atoms with Gasteiger partial charge in [-0.2, -0.15) is 0 Å². The normalized spacial score (nSPS) is 10.2. The zero-order valence-electron chi connectivity index (χ0n) is 11.4. The number of hydrazine groups is 1. The average Bonchev–Trinajstić information content (AvgIpc) is 2.52. The van der Waals surface area contributed by atoms with E-state index >= 15 is 0 Å². The van der Waals surface area contributed by atoms with Crippen LogP contribution in [-0.2, 0) is 6.61 Å². The number of benzene rings is 2. The van der Waals surface area contributed by atoms with Crippen LogP contribution in [-0.4, -0.2) is 11.2 Å². The summed E-state index contributed by atoms with van der Waals surface area (Å²) in [6, 6.07) is 12.4. The maximum absolute atomic E-state index is 11.0. The van der Waals surface area contributed by atoms with Gasteiger partial charge in [0, 0.05) is 11.0 Å². The molecule has 0 amide bonds. The molecule has 0 aliphatic rings. The standard InChI is InChI=1S/C14H15N3O3S/c1-21-14-5-3-2-4-13(14)20-9-10-6-7-11(16-15)12(8-10)17(18)19/h2-8,16H,9,15H2,1H3. The summed E-state index contributed by atoms with van der Waals surface area (Å²) in [4.78, 5) is 11.5. The van der Waals surface area contributed by atoms with Crippen LogP contribution in [0.1, 0.15) is 5.56 Å². The first-order valence-electron chi connectivity index (χ1n) is 6.15. The fraction of sp³-hybridized carbons (Fsp3) is 0.143. The van der Waals surface area contributed by atoms with Gasteiger partial charge in [-0.05, 0) is 30.0 Å². The molecule has 0 heterocycles. The number of para-hydroxylation sites is 1. The van der Waals surface area contributed by atoms with Gasteiger partial charge >= 0.3 is 0 Å². The number of thioether (sulfide) groups is 1. The lowest BCUT2D eigenvalue weighted by Crippen LogP contribution is -2.09. The number of nitro benzene ring substituents is 1. The smallest absolute Gasteiger partial charge is 0.294 e. The van der Waals surface area contributed by atoms with Gasteiger partial charge in [0.25, 0.3) is 5.69 Å². The molecule has 0 aliphatic carbocycles. The molecule has 6 nitrogen and oxygen atoms in total. The fourth-order valence-electron chi connectivity index (χ4n) is 1.84. The third kappa shape index (κ3) is 3.65. The highest BCUT2D eigenvalue weighted by Crippen LogP contribution is 2.29. The molecule has 0 saturated carbocycles. The van der Waals surface area contributed by atoms with Gasteiger partial charge in [-0.15, -0.1) is 11.8 Å². The molecule has 2 aromatic rings. The molecule has 2 aromatic carbocycles. The second-order valence-corrected chi connectivity index (χ2v) is 5.04. The predicted octanol–water partition coefficient (Wildman–Crippen LogP) is 3.18. The Hall–Kier alpha value is -2.25. The molecule has 0 saturated heterocycles. The van der Waals surface area contributed by atoms with Crippen molar-refractivity contribution < 1.29 is 9.66 Å². The van der Waals surface area contributed by atoms with E-state index in [-0.39, 0.29) is 18.0 Å². The number of hydrogen-bond donors (Lipinski definition) is 2. The maximum Gasteiger partial charge on any atom is 0.294 e. The molecule has 21 heavy (non-hydrogen) atoms. The highest BCUT2D eigenvalue weighted by Gasteiger charge is 2.14. The Morgan fingerprint density at radius 1 is 1.33 bits per heavy atom. The van der Waals surface area contributed by atoms with E-state index in [1.165, 1.54) is 6.07 Å². The second-order valence-electron chi connectivity index (χ2n) is 4.19. The SMILES string of the molecule is CSc1ccccc1OCc1ccc(NN)c([N+](=O)[O-])c1. The van der Waals surface area contributed by atoms with E-state index in [1.807, 2.05) is 30.5 Å². The third-order valence-corrected chi connectivity index (χ3v) is 3.65. The van der Waals surface area contributed by atoms with Crippen molar-refractivity contribution in [2.75, 3.05) is 11.7 Å². The summed E-state index contributed by atoms with van der Waals surface area (Å²) in [6.07, 6.45) is 1.97. The molecule has 0 unspecified atom stereocenters. The molecule has 0 fully saturated rings. The molecule has 0 radical (unpaired) electrons. The summed E-state index contributed by atoms with van der Waals surface area (Å²) >= 11 is 1.58. The van der Waals surface area contributed by atoms with Gasteiger partial charge in [0.05, 0.1) is 4.92 Å². The van der Waals surface area contributed by atoms with Gasteiger partial charge in [-0.1, -0.05) is 18.2 Å². The second kappa shape index (κ2) is 6.96. The zero-order valence-corrected chi connectivity index (χ0v) is 12.2. The number of nitrogens with zero attached hydrogens (tertiary/aromatic N) is 1. The van der Waals surface area contributed by atoms with Crippen LogP contribution in [0.5, 0.6) is 5.75 Å². The van der Waals surface area contributed by atoms with Crippen LogP contribution in [0, 0.1) is 10.1 Å². The summed E-state index contributed by atoms with van der Waals surface area (Å²) in [5.74, 6) is 6.01. The monoisotopic (exact) mass is 305 g/mol. The highest BCUT2D eigenvalue weighted by atomic mass is 32.2. The Balaban J connectivity index is 2.17. The Kier molecular flexibility index (Phi) is 5.02. The Bertz CT molecular complexity index is 649. The molecule has 110 valence electrons. The van der Waals surface area contributed by atoms with E-state index in [2.05, 4.69) is 5.43 Å². The summed E-state index contributed by atoms with van der Waals surface area (Å²) in [7, 11) is 0. The number of nitrogen functional groups attached to an aromatic ring is 1. The van der Waals surface area contributed by atoms with Crippen molar-refractivity contribution in [1.82, 2.24) is 0 Å². The van der Waals surface area contributed by atoms with Crippen LogP contribution < -0.4 is 16.0 Å². The lowest BCUT2D eigenvalue weighted by atomic mass is 10.2. The number of nitrogens with two attached hydrogens (primary N) is 1. The first kappa shape index (κ1) is 15.1. The number of rotatable bonds is 6. The number of nitro groups is 1. The van der Waals surface area contributed by atoms with E-state index < -0.39 is 4.92 Å². The van der Waals surface area contributed by atoms with Crippen LogP contribution in [0.3, 0.4) is 0 Å². The van der Waals surface area contributed by atoms with Crippen molar-refractivity contribution in [3.05, 3.63) is 58.1 Å². The molecule has 0 aromatic heterocycles. The van der Waals surface area contributed by atoms with Crippen molar-refractivity contribution in [3.63, 3.8) is 0 Å². The van der Waals surface area contributed by atoms with Gasteiger partial charge in [0.15, 0.2) is 0 Å². The largest absolute Gasteiger partial charge is 0.488 e. The lowest BCUT2D eigenvalue weighted by molar-refractivity contribution is -0.384. The number of anilines is 1. The summed E-state index contributed by atoms with van der Waals surface area (Å²) < 4.78 is 5.73. The van der Waals surface area contributed by atoms with E-state index in [9.17, 15) is 10.1 Å². The van der Waals surface area contributed by atoms with Crippen molar-refractivity contribution in [2.45, 2.75) is 11.5 Å². The van der Waals surface area contributed by atoms with Gasteiger partial charge < -0.3 is 10.2 Å². The number of nitrogens with one attached hydrogen (secondary N) is 1. The molecule has 0 bridgehead atoms. The minimum Gasteiger partial charge on any atom is -0.488 e. The predicted molar refractivity (Wildman–Crippen MR) is 83.5 cm³/mol. The average molecular weight is 305 g/mol. The Morgan fingerprint density at radius 3 is 2.76 bits per heavy atom. The van der Waals surface area contributed by atoms with Crippen LogP contribution >= 0.6 is 11.8 Å². The molecule has 0 atom stereocenters. The summed E-state index contributed by atoms with van der Waals surface area (Å²) in [5, 5.41) is 11.0. The van der Waals surface area contributed by atoms with Gasteiger partial charge in [0.2, 0.25) is 0 Å². The molecule has 0 spiro atoms. The topological polar surface area (TPSA) is 90.4 Å². The van der Waals surface area contributed by atoms with Crippen LogP contribution in [0.25, 0.3) is 0 Å².